The molecule has 1 N–H and O–H groups in total. The monoisotopic (exact) mass is 231 g/mol. The maximum Gasteiger partial charge on any atom is 0.331 e. The first-order valence-electron chi connectivity index (χ1n) is 5.42. The molecule has 2 rings (SSSR count). The third-order valence-electron chi connectivity index (χ3n) is 2.51. The van der Waals surface area contributed by atoms with Crippen molar-refractivity contribution in [1.29, 1.82) is 0 Å². The number of carbonyl (C=O) groups excluding carboxylic acids is 2. The van der Waals surface area contributed by atoms with Crippen molar-refractivity contribution in [3.05, 3.63) is 35.4 Å². The van der Waals surface area contributed by atoms with E-state index in [0.29, 0.717) is 12.2 Å². The second kappa shape index (κ2) is 4.41. The molecule has 0 saturated carbocycles. The van der Waals surface area contributed by atoms with Gasteiger partial charge in [0.05, 0.1) is 12.2 Å². The summed E-state index contributed by atoms with van der Waals surface area (Å²) in [6.07, 6.45) is 1.24. The van der Waals surface area contributed by atoms with Gasteiger partial charge in [-0.3, -0.25) is 4.79 Å². The van der Waals surface area contributed by atoms with Crippen LogP contribution in [-0.2, 0) is 14.3 Å². The maximum absolute atomic E-state index is 11.7. The van der Waals surface area contributed by atoms with Gasteiger partial charge in [0.25, 0.3) is 5.91 Å². The summed E-state index contributed by atoms with van der Waals surface area (Å²) in [7, 11) is 0. The molecule has 4 nitrogen and oxygen atoms in total. The molecule has 0 saturated heterocycles. The number of ether oxygens (including phenoxy) is 1. The summed E-state index contributed by atoms with van der Waals surface area (Å²) in [5.74, 6) is -0.759. The van der Waals surface area contributed by atoms with Crippen LogP contribution in [0.1, 0.15) is 18.1 Å². The van der Waals surface area contributed by atoms with Gasteiger partial charge in [-0.2, -0.15) is 0 Å². The van der Waals surface area contributed by atoms with Crippen LogP contribution in [0.25, 0.3) is 5.57 Å². The van der Waals surface area contributed by atoms with E-state index in [-0.39, 0.29) is 5.91 Å². The second-order valence-corrected chi connectivity index (χ2v) is 3.81. The minimum absolute atomic E-state index is 0.265. The lowest BCUT2D eigenvalue weighted by Gasteiger charge is -2.00. The smallest absolute Gasteiger partial charge is 0.331 e. The van der Waals surface area contributed by atoms with Gasteiger partial charge in [-0.1, -0.05) is 11.6 Å². The Labute approximate surface area is 99.3 Å². The van der Waals surface area contributed by atoms with E-state index in [0.717, 1.165) is 16.8 Å². The van der Waals surface area contributed by atoms with Gasteiger partial charge in [-0.15, -0.1) is 0 Å². The number of esters is 1. The van der Waals surface area contributed by atoms with Crippen LogP contribution in [0.5, 0.6) is 0 Å². The molecule has 1 amide bonds. The Balaban J connectivity index is 2.40. The first kappa shape index (κ1) is 11.4. The van der Waals surface area contributed by atoms with E-state index in [4.69, 9.17) is 4.74 Å². The van der Waals surface area contributed by atoms with Crippen LogP contribution < -0.4 is 5.32 Å². The molecule has 88 valence electrons. The number of hydrogen-bond acceptors (Lipinski definition) is 3. The zero-order valence-electron chi connectivity index (χ0n) is 9.74. The fourth-order valence-electron chi connectivity index (χ4n) is 1.75. The average Bonchev–Trinajstić information content (AvgIpc) is 2.56. The van der Waals surface area contributed by atoms with E-state index >= 15 is 0 Å². The highest BCUT2D eigenvalue weighted by Gasteiger charge is 2.24. The maximum atomic E-state index is 11.7. The van der Waals surface area contributed by atoms with Crippen LogP contribution in [0.4, 0.5) is 5.69 Å². The number of aryl methyl sites for hydroxylation is 1. The predicted molar refractivity (Wildman–Crippen MR) is 64.4 cm³/mol. The van der Waals surface area contributed by atoms with E-state index in [1.807, 2.05) is 25.1 Å². The Morgan fingerprint density at radius 1 is 1.47 bits per heavy atom. The Kier molecular flexibility index (Phi) is 2.95. The van der Waals surface area contributed by atoms with Crippen molar-refractivity contribution in [2.75, 3.05) is 11.9 Å². The summed E-state index contributed by atoms with van der Waals surface area (Å²) in [4.78, 5) is 23.1. The van der Waals surface area contributed by atoms with Crippen LogP contribution >= 0.6 is 0 Å². The van der Waals surface area contributed by atoms with Gasteiger partial charge in [0.1, 0.15) is 0 Å². The first-order chi connectivity index (χ1) is 8.11. The fraction of sp³-hybridized carbons (Fsp3) is 0.231. The molecule has 0 aromatic heterocycles. The molecule has 0 aliphatic carbocycles. The molecule has 4 heteroatoms. The number of fused-ring (bicyclic) bond motifs is 1. The van der Waals surface area contributed by atoms with Gasteiger partial charge in [-0.25, -0.2) is 4.79 Å². The molecule has 1 heterocycles. The third kappa shape index (κ3) is 2.20. The molecule has 1 aromatic rings. The van der Waals surface area contributed by atoms with Gasteiger partial charge in [0.15, 0.2) is 0 Å². The lowest BCUT2D eigenvalue weighted by molar-refractivity contribution is -0.137. The van der Waals surface area contributed by atoms with Gasteiger partial charge in [0, 0.05) is 17.3 Å². The van der Waals surface area contributed by atoms with E-state index < -0.39 is 5.97 Å². The highest BCUT2D eigenvalue weighted by Crippen LogP contribution is 2.32. The summed E-state index contributed by atoms with van der Waals surface area (Å²) in [6.45, 7) is 3.96. The van der Waals surface area contributed by atoms with Crippen LogP contribution in [-0.4, -0.2) is 18.5 Å². The molecular weight excluding hydrogens is 218 g/mol. The van der Waals surface area contributed by atoms with Gasteiger partial charge >= 0.3 is 5.97 Å². The average molecular weight is 231 g/mol. The topological polar surface area (TPSA) is 55.4 Å². The number of carbonyl (C=O) groups is 2. The predicted octanol–water partition coefficient (Wildman–Crippen LogP) is 1.89. The Hall–Kier alpha value is -2.10. The summed E-state index contributed by atoms with van der Waals surface area (Å²) in [6, 6.07) is 5.61. The standard InChI is InChI=1S/C13H13NO3/c1-3-17-12(15)7-10-9-6-8(2)4-5-11(9)14-13(10)16/h4-7H,3H2,1-2H3,(H,14,16)/b10-7+. The molecule has 17 heavy (non-hydrogen) atoms. The number of nitrogens with one attached hydrogen (secondary N) is 1. The summed E-state index contributed by atoms with van der Waals surface area (Å²) in [5.41, 5.74) is 2.89. The van der Waals surface area contributed by atoms with Crippen LogP contribution in [0, 0.1) is 6.92 Å². The molecule has 0 bridgehead atoms. The minimum Gasteiger partial charge on any atom is -0.463 e. The van der Waals surface area contributed by atoms with E-state index in [9.17, 15) is 9.59 Å². The number of rotatable bonds is 2. The first-order valence-corrected chi connectivity index (χ1v) is 5.42. The zero-order valence-corrected chi connectivity index (χ0v) is 9.74. The Morgan fingerprint density at radius 2 is 2.24 bits per heavy atom. The molecule has 0 fully saturated rings. The van der Waals surface area contributed by atoms with Crippen LogP contribution in [0.2, 0.25) is 0 Å². The van der Waals surface area contributed by atoms with Crippen LogP contribution in [0.15, 0.2) is 24.3 Å². The molecule has 1 aliphatic rings. The van der Waals surface area contributed by atoms with Gasteiger partial charge in [0.2, 0.25) is 0 Å². The molecule has 0 radical (unpaired) electrons. The highest BCUT2D eigenvalue weighted by atomic mass is 16.5. The molecule has 0 atom stereocenters. The summed E-state index contributed by atoms with van der Waals surface area (Å²) in [5, 5.41) is 2.71. The number of benzene rings is 1. The third-order valence-corrected chi connectivity index (χ3v) is 2.51. The highest BCUT2D eigenvalue weighted by molar-refractivity contribution is 6.33. The molecular formula is C13H13NO3. The van der Waals surface area contributed by atoms with Crippen molar-refractivity contribution in [3.63, 3.8) is 0 Å². The molecule has 1 aromatic carbocycles. The summed E-state index contributed by atoms with van der Waals surface area (Å²) >= 11 is 0. The second-order valence-electron chi connectivity index (χ2n) is 3.81. The minimum atomic E-state index is -0.494. The number of anilines is 1. The van der Waals surface area contributed by atoms with Crippen molar-refractivity contribution in [2.45, 2.75) is 13.8 Å². The van der Waals surface area contributed by atoms with Crippen molar-refractivity contribution in [3.8, 4) is 0 Å². The molecule has 0 spiro atoms. The normalized spacial score (nSPS) is 15.6. The zero-order chi connectivity index (χ0) is 12.4. The fourth-order valence-corrected chi connectivity index (χ4v) is 1.75. The van der Waals surface area contributed by atoms with E-state index in [1.165, 1.54) is 6.08 Å². The lowest BCUT2D eigenvalue weighted by Crippen LogP contribution is -2.07. The van der Waals surface area contributed by atoms with Crippen molar-refractivity contribution >= 4 is 23.1 Å². The van der Waals surface area contributed by atoms with Gasteiger partial charge < -0.3 is 10.1 Å². The summed E-state index contributed by atoms with van der Waals surface area (Å²) < 4.78 is 4.80. The molecule has 1 aliphatic heterocycles. The number of hydrogen-bond donors (Lipinski definition) is 1. The Morgan fingerprint density at radius 3 is 2.94 bits per heavy atom. The van der Waals surface area contributed by atoms with Crippen LogP contribution in [0.3, 0.4) is 0 Å². The van der Waals surface area contributed by atoms with E-state index in [2.05, 4.69) is 5.32 Å². The van der Waals surface area contributed by atoms with E-state index in [1.54, 1.807) is 6.92 Å². The molecule has 0 unspecified atom stereocenters. The quantitative estimate of drug-likeness (QED) is 0.624. The van der Waals surface area contributed by atoms with Crippen molar-refractivity contribution < 1.29 is 14.3 Å². The largest absolute Gasteiger partial charge is 0.463 e. The Bertz CT molecular complexity index is 517. The SMILES string of the molecule is CCOC(=O)/C=C1/C(=O)Nc2ccc(C)cc21. The van der Waals surface area contributed by atoms with Crippen molar-refractivity contribution in [2.24, 2.45) is 0 Å². The number of amides is 1. The van der Waals surface area contributed by atoms with Crippen molar-refractivity contribution in [1.82, 2.24) is 0 Å². The lowest BCUT2D eigenvalue weighted by atomic mass is 10.0. The van der Waals surface area contributed by atoms with Gasteiger partial charge in [-0.05, 0) is 26.0 Å².